The SMILES string of the molecule is CC(C)C(=O)Nc1nc2c(ncn2[C@@H]2O[C@H](CO)[C@@H](C)[C@H]2F)c(=O)[nH]1.CC(C)C(=O)Nc1nc2c(ncn2[C@@H]2O[C@H](CO)[C@@H](N)[C@H]2F)c(=O)[nH]1.[C-]#[N+]CCOP(OC[C@H]1O[C@@H](n2cnc3c(=O)[nH]c(NC(=O)C(C)C)nc32)[C@H](F)[C@@H]1C)N(C(C)C)C(C)C. The number of anilines is 3. The molecule has 6 aromatic rings. The Morgan fingerprint density at radius 3 is 1.32 bits per heavy atom. The zero-order valence-corrected chi connectivity index (χ0v) is 51.4. The van der Waals surface area contributed by atoms with Gasteiger partial charge in [0.15, 0.2) is 70.7 Å². The first-order chi connectivity index (χ1) is 41.6. The number of H-pyrrole nitrogens is 3. The lowest BCUT2D eigenvalue weighted by Crippen LogP contribution is -2.39. The van der Waals surface area contributed by atoms with Gasteiger partial charge >= 0.3 is 0 Å². The van der Waals surface area contributed by atoms with Gasteiger partial charge in [-0.2, -0.15) is 15.0 Å². The van der Waals surface area contributed by atoms with Crippen molar-refractivity contribution in [3.05, 3.63) is 61.5 Å². The molecule has 0 saturated carbocycles. The number of nitrogens with one attached hydrogen (secondary N) is 6. The lowest BCUT2D eigenvalue weighted by Gasteiger charge is -2.35. The third-order valence-corrected chi connectivity index (χ3v) is 16.6. The molecule has 31 nitrogen and oxygen atoms in total. The van der Waals surface area contributed by atoms with E-state index in [9.17, 15) is 47.8 Å². The van der Waals surface area contributed by atoms with Crippen LogP contribution in [0.3, 0.4) is 0 Å². The van der Waals surface area contributed by atoms with Gasteiger partial charge in [-0.1, -0.05) is 55.4 Å². The fourth-order valence-electron chi connectivity index (χ4n) is 9.39. The minimum absolute atomic E-state index is 0.0111. The summed E-state index contributed by atoms with van der Waals surface area (Å²) in [6.07, 6.45) is -6.12. The van der Waals surface area contributed by atoms with E-state index in [0.29, 0.717) is 0 Å². The molecule has 0 bridgehead atoms. The first-order valence-electron chi connectivity index (χ1n) is 28.5. The van der Waals surface area contributed by atoms with Gasteiger partial charge in [-0.15, -0.1) is 0 Å². The summed E-state index contributed by atoms with van der Waals surface area (Å²) in [4.78, 5) is 108. The second-order valence-corrected chi connectivity index (χ2v) is 24.1. The second kappa shape index (κ2) is 29.4. The molecule has 6 aromatic heterocycles. The summed E-state index contributed by atoms with van der Waals surface area (Å²) >= 11 is 0. The third-order valence-electron chi connectivity index (χ3n) is 14.5. The molecule has 0 aliphatic carbocycles. The van der Waals surface area contributed by atoms with Crippen molar-refractivity contribution in [3.8, 4) is 0 Å². The van der Waals surface area contributed by atoms with E-state index < -0.39 is 105 Å². The van der Waals surface area contributed by atoms with E-state index in [1.807, 2.05) is 27.7 Å². The van der Waals surface area contributed by atoms with Crippen LogP contribution in [0.15, 0.2) is 33.4 Å². The Kier molecular flexibility index (Phi) is 22.8. The number of aromatic nitrogens is 12. The summed E-state index contributed by atoms with van der Waals surface area (Å²) in [6, 6.07) is -0.761. The van der Waals surface area contributed by atoms with Crippen molar-refractivity contribution in [1.82, 2.24) is 63.2 Å². The molecule has 9 rings (SSSR count). The maximum Gasteiger partial charge on any atom is 0.280 e. The van der Waals surface area contributed by atoms with Gasteiger partial charge in [0.2, 0.25) is 42.1 Å². The minimum Gasteiger partial charge on any atom is -0.394 e. The van der Waals surface area contributed by atoms with Crippen molar-refractivity contribution in [1.29, 1.82) is 0 Å². The number of imidazole rings is 3. The number of aliphatic hydroxyl groups excluding tert-OH is 2. The van der Waals surface area contributed by atoms with Gasteiger partial charge in [-0.05, 0) is 27.7 Å². The monoisotopic (exact) mass is 1260 g/mol. The smallest absolute Gasteiger partial charge is 0.280 e. The summed E-state index contributed by atoms with van der Waals surface area (Å²) in [5.41, 5.74) is 4.24. The van der Waals surface area contributed by atoms with Crippen LogP contribution in [0.5, 0.6) is 0 Å². The molecular formula is C53H76F3N18O13P. The van der Waals surface area contributed by atoms with Gasteiger partial charge in [0.05, 0.1) is 57.1 Å². The van der Waals surface area contributed by atoms with E-state index in [2.05, 4.69) is 70.3 Å². The average molecular weight is 1260 g/mol. The molecule has 1 unspecified atom stereocenters. The number of hydrogen-bond acceptors (Lipinski definition) is 21. The van der Waals surface area contributed by atoms with Crippen LogP contribution in [0.4, 0.5) is 31.0 Å². The van der Waals surface area contributed by atoms with Gasteiger partial charge in [-0.3, -0.25) is 73.4 Å². The lowest BCUT2D eigenvalue weighted by atomic mass is 10.0. The molecule has 13 atom stereocenters. The molecule has 0 aromatic carbocycles. The quantitative estimate of drug-likeness (QED) is 0.0299. The molecule has 3 aliphatic heterocycles. The fourth-order valence-corrected chi connectivity index (χ4v) is 11.0. The number of rotatable bonds is 20. The Morgan fingerprint density at radius 2 is 0.989 bits per heavy atom. The topological polar surface area (TPSA) is 398 Å². The molecule has 3 amide bonds. The Hall–Kier alpha value is -7.19. The van der Waals surface area contributed by atoms with E-state index in [1.165, 1.54) is 32.7 Å². The summed E-state index contributed by atoms with van der Waals surface area (Å²) in [6.45, 7) is 28.5. The van der Waals surface area contributed by atoms with Gasteiger partial charge in [0.25, 0.3) is 25.2 Å². The van der Waals surface area contributed by atoms with Crippen molar-refractivity contribution in [2.24, 2.45) is 35.3 Å². The van der Waals surface area contributed by atoms with Gasteiger partial charge in [0, 0.05) is 41.7 Å². The van der Waals surface area contributed by atoms with E-state index >= 15 is 4.39 Å². The molecule has 3 saturated heterocycles. The van der Waals surface area contributed by atoms with Crippen molar-refractivity contribution >= 4 is 77.6 Å². The minimum atomic E-state index is -1.62. The van der Waals surface area contributed by atoms with Crippen LogP contribution in [0.25, 0.3) is 38.3 Å². The van der Waals surface area contributed by atoms with Crippen molar-refractivity contribution in [2.45, 2.75) is 157 Å². The van der Waals surface area contributed by atoms with E-state index in [0.717, 1.165) is 0 Å². The fraction of sp³-hybridized carbons (Fsp3) is 0.642. The van der Waals surface area contributed by atoms with Crippen LogP contribution < -0.4 is 38.4 Å². The third kappa shape index (κ3) is 15.1. The highest BCUT2D eigenvalue weighted by Crippen LogP contribution is 2.48. The predicted octanol–water partition coefficient (Wildman–Crippen LogP) is 3.73. The Morgan fingerprint density at radius 1 is 0.636 bits per heavy atom. The summed E-state index contributed by atoms with van der Waals surface area (Å²) in [5.74, 6) is -3.14. The number of fused-ring (bicyclic) bond motifs is 3. The molecule has 482 valence electrons. The molecule has 3 aliphatic rings. The Bertz CT molecular complexity index is 3480. The lowest BCUT2D eigenvalue weighted by molar-refractivity contribution is -0.119. The van der Waals surface area contributed by atoms with Crippen LogP contribution in [0.2, 0.25) is 0 Å². The number of hydrogen-bond donors (Lipinski definition) is 9. The van der Waals surface area contributed by atoms with Crippen molar-refractivity contribution in [2.75, 3.05) is 48.9 Å². The van der Waals surface area contributed by atoms with E-state index in [4.69, 9.17) is 35.6 Å². The van der Waals surface area contributed by atoms with Crippen LogP contribution in [-0.2, 0) is 37.6 Å². The van der Waals surface area contributed by atoms with Crippen molar-refractivity contribution < 1.29 is 61.0 Å². The van der Waals surface area contributed by atoms with Crippen molar-refractivity contribution in [3.63, 3.8) is 0 Å². The first-order valence-corrected chi connectivity index (χ1v) is 29.6. The largest absolute Gasteiger partial charge is 0.394 e. The zero-order valence-electron chi connectivity index (χ0n) is 50.5. The standard InChI is InChI=1S/C24H37FN7O5P.C15H20FN5O4.C14H19FN6O4/c1-13(2)21(33)29-24-28-20-19(22(34)30-24)27-12-31(20)23-18(25)16(7)17(37-23)11-36-38(35-10-9-26-8)32(14(3)4)15(5)6;1-6(2)12(23)19-15-18-11-10(13(24)20-15)17-5-21(11)14-9(16)7(3)8(4-22)25-14;1-5(2)11(23)19-14-18-10-9(12(24)20-14)17-4-21(10)13-7(15)8(16)6(3-22)25-13/h12-18,23H,9-11H2,1-7H3,(H2,28,29,30,33,34);5-9,14,22H,4H2,1-3H3,(H2,18,19,20,23,24);4-8,13,22H,3,16H2,1-2H3,(H2,18,19,20,23,24)/t16-,17-,18-,23-,38?;7-,8-,9-,14-;6-,7-,8-,13-/m111/s1. The number of alkyl halides is 3. The van der Waals surface area contributed by atoms with Crippen LogP contribution in [-0.4, -0.2) is 179 Å². The average Bonchev–Trinajstić information content (AvgIpc) is 2.34. The van der Waals surface area contributed by atoms with Gasteiger partial charge in [0.1, 0.15) is 12.7 Å². The van der Waals surface area contributed by atoms with E-state index in [1.54, 1.807) is 55.4 Å². The maximum atomic E-state index is 15.5. The number of aliphatic hydroxyl groups is 2. The maximum absolute atomic E-state index is 15.5. The number of ether oxygens (including phenoxy) is 3. The second-order valence-electron chi connectivity index (χ2n) is 22.7. The zero-order chi connectivity index (χ0) is 64.7. The highest BCUT2D eigenvalue weighted by Gasteiger charge is 2.47. The number of nitrogens with zero attached hydrogens (tertiary/aromatic N) is 11. The first kappa shape index (κ1) is 68.3. The summed E-state index contributed by atoms with van der Waals surface area (Å²) < 4.78 is 79.7. The summed E-state index contributed by atoms with van der Waals surface area (Å²) in [7, 11) is -1.50. The van der Waals surface area contributed by atoms with E-state index in [-0.39, 0.29) is 125 Å². The molecule has 0 radical (unpaired) electrons. The molecule has 10 N–H and O–H groups in total. The number of halogens is 3. The molecule has 3 fully saturated rings. The van der Waals surface area contributed by atoms with Crippen LogP contribution >= 0.6 is 8.53 Å². The van der Waals surface area contributed by atoms with Gasteiger partial charge in [-0.25, -0.2) is 39.4 Å². The molecular weight excluding hydrogens is 1180 g/mol. The van der Waals surface area contributed by atoms with Crippen LogP contribution in [0.1, 0.15) is 102 Å². The Labute approximate surface area is 502 Å². The number of aromatic amines is 3. The highest BCUT2D eigenvalue weighted by molar-refractivity contribution is 7.44. The normalized spacial score (nSPS) is 24.8. The molecule has 35 heteroatoms. The number of carbonyl (C=O) groups excluding carboxylic acids is 3. The Balaban J connectivity index is 0.000000195. The molecule has 88 heavy (non-hydrogen) atoms. The van der Waals surface area contributed by atoms with Crippen LogP contribution in [0, 0.1) is 36.2 Å². The number of nitrogens with two attached hydrogens (primary N) is 1. The number of amides is 3. The molecule has 9 heterocycles. The van der Waals surface area contributed by atoms with Gasteiger partial charge < -0.3 is 44.0 Å². The predicted molar refractivity (Wildman–Crippen MR) is 314 cm³/mol. The highest BCUT2D eigenvalue weighted by atomic mass is 31.2. The summed E-state index contributed by atoms with van der Waals surface area (Å²) in [5, 5.41) is 26.0. The number of carbonyl (C=O) groups is 3. The molecule has 0 spiro atoms.